The predicted octanol–water partition coefficient (Wildman–Crippen LogP) is 2.90. The van der Waals surface area contributed by atoms with Gasteiger partial charge in [0.15, 0.2) is 11.5 Å². The summed E-state index contributed by atoms with van der Waals surface area (Å²) in [5.41, 5.74) is 3.41. The van der Waals surface area contributed by atoms with E-state index in [1.807, 2.05) is 13.8 Å². The van der Waals surface area contributed by atoms with Crippen molar-refractivity contribution in [2.75, 3.05) is 7.11 Å². The van der Waals surface area contributed by atoms with Gasteiger partial charge in [0.05, 0.1) is 25.1 Å². The van der Waals surface area contributed by atoms with E-state index >= 15 is 0 Å². The summed E-state index contributed by atoms with van der Waals surface area (Å²) in [6, 6.07) is 4.22. The van der Waals surface area contributed by atoms with Gasteiger partial charge in [-0.3, -0.25) is 9.59 Å². The topological polar surface area (TPSA) is 106 Å². The number of nitrogens with one attached hydrogen (secondary N) is 2. The summed E-state index contributed by atoms with van der Waals surface area (Å²) in [6.45, 7) is 0.787. The van der Waals surface area contributed by atoms with E-state index in [2.05, 4.69) is 25.2 Å². The Balaban J connectivity index is 1.66. The van der Waals surface area contributed by atoms with Gasteiger partial charge in [-0.2, -0.15) is 13.9 Å². The van der Waals surface area contributed by atoms with Gasteiger partial charge in [0.25, 0.3) is 5.56 Å². The monoisotopic (exact) mass is 436 g/mol. The zero-order chi connectivity index (χ0) is 21.8. The highest BCUT2D eigenvalue weighted by atomic mass is 32.1. The van der Waals surface area contributed by atoms with Crippen LogP contribution in [0, 0.1) is 13.8 Å². The third-order valence-corrected chi connectivity index (χ3v) is 5.32. The Morgan fingerprint density at radius 3 is 2.83 bits per heavy atom. The number of hydrogen-bond donors (Lipinski definition) is 2. The summed E-state index contributed by atoms with van der Waals surface area (Å²) in [7, 11) is 1.32. The number of hydrogen-bond acceptors (Lipinski definition) is 7. The van der Waals surface area contributed by atoms with Crippen LogP contribution in [0.25, 0.3) is 10.2 Å². The number of fused-ring (bicyclic) bond motifs is 1. The van der Waals surface area contributed by atoms with Crippen LogP contribution in [-0.4, -0.2) is 35.8 Å². The molecule has 2 aromatic heterocycles. The van der Waals surface area contributed by atoms with Crippen molar-refractivity contribution < 1.29 is 23.0 Å². The first-order valence-corrected chi connectivity index (χ1v) is 9.53. The number of aromatic amines is 1. The average molecular weight is 436 g/mol. The molecule has 1 amide bonds. The van der Waals surface area contributed by atoms with Crippen LogP contribution in [0.3, 0.4) is 0 Å². The van der Waals surface area contributed by atoms with E-state index < -0.39 is 12.5 Å². The second kappa shape index (κ2) is 8.99. The highest BCUT2D eigenvalue weighted by Gasteiger charge is 2.14. The number of amides is 1. The molecule has 30 heavy (non-hydrogen) atoms. The minimum absolute atomic E-state index is 0.0992. The summed E-state index contributed by atoms with van der Waals surface area (Å²) in [6.07, 6.45) is 1.15. The molecule has 3 rings (SSSR count). The molecule has 8 nitrogen and oxygen atoms in total. The molecule has 0 unspecified atom stereocenters. The lowest BCUT2D eigenvalue weighted by atomic mass is 10.2. The van der Waals surface area contributed by atoms with Gasteiger partial charge in [-0.15, -0.1) is 11.3 Å². The zero-order valence-electron chi connectivity index (χ0n) is 16.3. The molecule has 0 bridgehead atoms. The van der Waals surface area contributed by atoms with Crippen LogP contribution in [0.2, 0.25) is 0 Å². The molecule has 11 heteroatoms. The number of hydrazone groups is 1. The van der Waals surface area contributed by atoms with Crippen LogP contribution >= 0.6 is 11.3 Å². The van der Waals surface area contributed by atoms with Crippen molar-refractivity contribution in [3.8, 4) is 11.5 Å². The van der Waals surface area contributed by atoms with E-state index in [1.165, 1.54) is 42.9 Å². The number of rotatable bonds is 7. The molecule has 0 aliphatic carbocycles. The molecule has 0 saturated heterocycles. The van der Waals surface area contributed by atoms with Gasteiger partial charge in [-0.05, 0) is 43.2 Å². The van der Waals surface area contributed by atoms with E-state index in [1.54, 1.807) is 0 Å². The maximum absolute atomic E-state index is 12.4. The third-order valence-electron chi connectivity index (χ3n) is 4.22. The first-order chi connectivity index (χ1) is 14.3. The molecule has 2 N–H and O–H groups in total. The fourth-order valence-electron chi connectivity index (χ4n) is 2.71. The van der Waals surface area contributed by atoms with Crippen molar-refractivity contribution >= 4 is 33.7 Å². The fraction of sp³-hybridized carbons (Fsp3) is 0.263. The number of thiophene rings is 1. The number of aromatic nitrogens is 2. The molecule has 0 saturated carbocycles. The van der Waals surface area contributed by atoms with Gasteiger partial charge < -0.3 is 14.5 Å². The molecule has 2 heterocycles. The van der Waals surface area contributed by atoms with Crippen molar-refractivity contribution in [3.63, 3.8) is 0 Å². The van der Waals surface area contributed by atoms with Gasteiger partial charge in [0.1, 0.15) is 10.7 Å². The highest BCUT2D eigenvalue weighted by Crippen LogP contribution is 2.29. The number of nitrogens with zero attached hydrogens (tertiary/aromatic N) is 2. The van der Waals surface area contributed by atoms with Crippen molar-refractivity contribution in [1.82, 2.24) is 15.4 Å². The summed E-state index contributed by atoms with van der Waals surface area (Å²) in [5.74, 6) is -0.264. The number of H-pyrrole nitrogens is 1. The zero-order valence-corrected chi connectivity index (χ0v) is 17.1. The third kappa shape index (κ3) is 4.79. The maximum atomic E-state index is 12.4. The number of benzene rings is 1. The number of aryl methyl sites for hydroxylation is 2. The number of ether oxygens (including phenoxy) is 2. The Hall–Kier alpha value is -3.34. The first-order valence-electron chi connectivity index (χ1n) is 8.72. The molecule has 1 aromatic carbocycles. The quantitative estimate of drug-likeness (QED) is 0.438. The van der Waals surface area contributed by atoms with Crippen LogP contribution in [0.5, 0.6) is 11.5 Å². The summed E-state index contributed by atoms with van der Waals surface area (Å²) < 4.78 is 34.1. The molecule has 0 atom stereocenters. The Labute approximate surface area is 173 Å². The average Bonchev–Trinajstić information content (AvgIpc) is 2.96. The van der Waals surface area contributed by atoms with Gasteiger partial charge in [0, 0.05) is 4.88 Å². The highest BCUT2D eigenvalue weighted by molar-refractivity contribution is 7.18. The van der Waals surface area contributed by atoms with Crippen LogP contribution in [0.4, 0.5) is 8.78 Å². The van der Waals surface area contributed by atoms with Crippen molar-refractivity contribution in [2.45, 2.75) is 26.9 Å². The minimum Gasteiger partial charge on any atom is -0.493 e. The van der Waals surface area contributed by atoms with Gasteiger partial charge >= 0.3 is 6.61 Å². The van der Waals surface area contributed by atoms with Crippen LogP contribution in [-0.2, 0) is 11.2 Å². The molecule has 3 aromatic rings. The Bertz CT molecular complexity index is 1170. The fourth-order valence-corrected chi connectivity index (χ4v) is 3.76. The summed E-state index contributed by atoms with van der Waals surface area (Å²) >= 11 is 1.40. The van der Waals surface area contributed by atoms with Gasteiger partial charge in [0.2, 0.25) is 5.91 Å². The van der Waals surface area contributed by atoms with Crippen molar-refractivity contribution in [2.24, 2.45) is 5.10 Å². The molecule has 0 fully saturated rings. The molecule has 0 aliphatic rings. The lowest BCUT2D eigenvalue weighted by Crippen LogP contribution is -2.23. The number of alkyl halides is 2. The first kappa shape index (κ1) is 21.4. The van der Waals surface area contributed by atoms with Crippen LogP contribution in [0.1, 0.15) is 21.8 Å². The van der Waals surface area contributed by atoms with E-state index in [9.17, 15) is 18.4 Å². The van der Waals surface area contributed by atoms with E-state index in [-0.39, 0.29) is 29.3 Å². The standard InChI is InChI=1S/C19H18F2N4O4S/c1-9-10(2)30-18-16(9)17(27)23-14(24-18)7-15(26)25-22-8-11-4-5-12(29-19(20)21)13(6-11)28-3/h4-6,8,19H,7H2,1-3H3,(H,25,26)(H,23,24,27)/b22-8+. The Morgan fingerprint density at radius 2 is 2.13 bits per heavy atom. The van der Waals surface area contributed by atoms with Crippen LogP contribution < -0.4 is 20.5 Å². The largest absolute Gasteiger partial charge is 0.493 e. The Morgan fingerprint density at radius 1 is 1.37 bits per heavy atom. The molecule has 0 aliphatic heterocycles. The van der Waals surface area contributed by atoms with Crippen molar-refractivity contribution in [1.29, 1.82) is 0 Å². The number of halogens is 2. The maximum Gasteiger partial charge on any atom is 0.387 e. The second-order valence-corrected chi connectivity index (χ2v) is 7.44. The Kier molecular flexibility index (Phi) is 6.40. The SMILES string of the molecule is COc1cc(/C=N/NC(=O)Cc2nc3sc(C)c(C)c3c(=O)[nH]2)ccc1OC(F)F. The van der Waals surface area contributed by atoms with Gasteiger partial charge in [-0.1, -0.05) is 0 Å². The molecular formula is C19H18F2N4O4S. The van der Waals surface area contributed by atoms with E-state index in [4.69, 9.17) is 4.74 Å². The van der Waals surface area contributed by atoms with Crippen molar-refractivity contribution in [3.05, 3.63) is 50.4 Å². The smallest absolute Gasteiger partial charge is 0.387 e. The van der Waals surface area contributed by atoms with E-state index in [0.717, 1.165) is 10.4 Å². The molecule has 158 valence electrons. The number of methoxy groups -OCH3 is 1. The molecule has 0 spiro atoms. The second-order valence-electron chi connectivity index (χ2n) is 6.23. The normalized spacial score (nSPS) is 11.4. The number of carbonyl (C=O) groups is 1. The lowest BCUT2D eigenvalue weighted by Gasteiger charge is -2.09. The molecule has 0 radical (unpaired) electrons. The van der Waals surface area contributed by atoms with Crippen LogP contribution in [0.15, 0.2) is 28.1 Å². The van der Waals surface area contributed by atoms with Gasteiger partial charge in [-0.25, -0.2) is 10.4 Å². The minimum atomic E-state index is -2.97. The van der Waals surface area contributed by atoms with E-state index in [0.29, 0.717) is 15.8 Å². The summed E-state index contributed by atoms with van der Waals surface area (Å²) in [4.78, 5) is 32.9. The lowest BCUT2D eigenvalue weighted by molar-refractivity contribution is -0.120. The predicted molar refractivity (Wildman–Crippen MR) is 109 cm³/mol. The number of carbonyl (C=O) groups excluding carboxylic acids is 1. The molecular weight excluding hydrogens is 418 g/mol. The summed E-state index contributed by atoms with van der Waals surface area (Å²) in [5, 5.41) is 4.36.